The van der Waals surface area contributed by atoms with Gasteiger partial charge in [-0.2, -0.15) is 0 Å². The number of fused-ring (bicyclic) bond motifs is 1. The quantitative estimate of drug-likeness (QED) is 0.630. The first-order valence-electron chi connectivity index (χ1n) is 9.46. The Morgan fingerprint density at radius 1 is 1.19 bits per heavy atom. The lowest BCUT2D eigenvalue weighted by molar-refractivity contribution is -0.142. The lowest BCUT2D eigenvalue weighted by Crippen LogP contribution is -2.09. The number of phenols is 1. The van der Waals surface area contributed by atoms with Crippen LogP contribution in [-0.2, 0) is 22.5 Å². The summed E-state index contributed by atoms with van der Waals surface area (Å²) < 4.78 is 7.39. The van der Waals surface area contributed by atoms with E-state index in [9.17, 15) is 9.90 Å². The second-order valence-electron chi connectivity index (χ2n) is 7.20. The molecule has 0 fully saturated rings. The number of phenolic OH excluding ortho intramolecular Hbond substituents is 1. The normalized spacial score (nSPS) is 11.3. The van der Waals surface area contributed by atoms with Gasteiger partial charge < -0.3 is 14.4 Å². The van der Waals surface area contributed by atoms with Crippen molar-refractivity contribution >= 4 is 16.9 Å². The van der Waals surface area contributed by atoms with Crippen LogP contribution in [0.15, 0.2) is 42.5 Å². The number of hydrogen-bond acceptors (Lipinski definition) is 3. The molecule has 1 N–H and O–H groups in total. The van der Waals surface area contributed by atoms with Crippen molar-refractivity contribution in [2.75, 3.05) is 6.61 Å². The first kappa shape index (κ1) is 19.0. The van der Waals surface area contributed by atoms with Gasteiger partial charge in [-0.25, -0.2) is 0 Å². The summed E-state index contributed by atoms with van der Waals surface area (Å²) in [6, 6.07) is 14.0. The lowest BCUT2D eigenvalue weighted by atomic mass is 9.99. The molecule has 27 heavy (non-hydrogen) atoms. The second-order valence-corrected chi connectivity index (χ2v) is 7.20. The van der Waals surface area contributed by atoms with Gasteiger partial charge in [0.15, 0.2) is 0 Å². The summed E-state index contributed by atoms with van der Waals surface area (Å²) in [5, 5.41) is 11.2. The first-order chi connectivity index (χ1) is 12.9. The van der Waals surface area contributed by atoms with Crippen LogP contribution in [0, 0.1) is 6.92 Å². The highest BCUT2D eigenvalue weighted by atomic mass is 16.5. The van der Waals surface area contributed by atoms with E-state index in [0.717, 1.165) is 33.3 Å². The summed E-state index contributed by atoms with van der Waals surface area (Å²) in [5.74, 6) is 0.396. The minimum atomic E-state index is -0.199. The first-order valence-corrected chi connectivity index (χ1v) is 9.46. The Bertz CT molecular complexity index is 969. The number of ether oxygens (including phenoxy) is 1. The van der Waals surface area contributed by atoms with Gasteiger partial charge in [-0.05, 0) is 48.6 Å². The highest BCUT2D eigenvalue weighted by molar-refractivity contribution is 5.89. The van der Waals surface area contributed by atoms with Gasteiger partial charge in [-0.1, -0.05) is 44.2 Å². The minimum absolute atomic E-state index is 0.199. The van der Waals surface area contributed by atoms with Crippen LogP contribution in [-0.4, -0.2) is 22.2 Å². The van der Waals surface area contributed by atoms with Crippen LogP contribution in [0.25, 0.3) is 10.9 Å². The molecule has 0 saturated carbocycles. The van der Waals surface area contributed by atoms with Crippen LogP contribution in [0.2, 0.25) is 0 Å². The van der Waals surface area contributed by atoms with Gasteiger partial charge in [0.2, 0.25) is 0 Å². The molecule has 0 radical (unpaired) electrons. The van der Waals surface area contributed by atoms with Crippen LogP contribution in [0.5, 0.6) is 5.75 Å². The molecule has 3 rings (SSSR count). The van der Waals surface area contributed by atoms with E-state index in [1.165, 1.54) is 0 Å². The fourth-order valence-corrected chi connectivity index (χ4v) is 3.63. The third-order valence-electron chi connectivity index (χ3n) is 5.04. The SMILES string of the molecule is CCOC(=O)Cc1c(C)n(Cc2ccc(O)c(C(C)C)c2)c2ccccc12. The molecule has 0 spiro atoms. The van der Waals surface area contributed by atoms with Crippen LogP contribution >= 0.6 is 0 Å². The van der Waals surface area contributed by atoms with Crippen LogP contribution in [0.4, 0.5) is 0 Å². The van der Waals surface area contributed by atoms with Crippen molar-refractivity contribution in [3.8, 4) is 5.75 Å². The van der Waals surface area contributed by atoms with Crippen molar-refractivity contribution in [2.24, 2.45) is 0 Å². The zero-order valence-corrected chi connectivity index (χ0v) is 16.5. The molecule has 4 heteroatoms. The molecular formula is C23H27NO3. The summed E-state index contributed by atoms with van der Waals surface area (Å²) in [6.07, 6.45) is 0.278. The average Bonchev–Trinajstić information content (AvgIpc) is 2.89. The predicted molar refractivity (Wildman–Crippen MR) is 108 cm³/mol. The summed E-state index contributed by atoms with van der Waals surface area (Å²) in [7, 11) is 0. The maximum atomic E-state index is 12.1. The van der Waals surface area contributed by atoms with Crippen LogP contribution in [0.3, 0.4) is 0 Å². The number of carbonyl (C=O) groups excluding carboxylic acids is 1. The van der Waals surface area contributed by atoms with Gasteiger partial charge in [0.25, 0.3) is 0 Å². The Morgan fingerprint density at radius 2 is 1.93 bits per heavy atom. The molecule has 0 unspecified atom stereocenters. The Hall–Kier alpha value is -2.75. The Balaban J connectivity index is 2.04. The summed E-state index contributed by atoms with van der Waals surface area (Å²) in [6.45, 7) is 9.11. The fraction of sp³-hybridized carbons (Fsp3) is 0.348. The van der Waals surface area contributed by atoms with E-state index >= 15 is 0 Å². The molecule has 1 aromatic heterocycles. The Labute approximate surface area is 160 Å². The molecule has 142 valence electrons. The van der Waals surface area contributed by atoms with Crippen molar-refractivity contribution < 1.29 is 14.6 Å². The molecule has 0 aliphatic rings. The van der Waals surface area contributed by atoms with E-state index in [0.29, 0.717) is 18.9 Å². The van der Waals surface area contributed by atoms with Crippen LogP contribution in [0.1, 0.15) is 49.1 Å². The van der Waals surface area contributed by atoms with Crippen molar-refractivity contribution in [1.29, 1.82) is 0 Å². The third kappa shape index (κ3) is 3.85. The van der Waals surface area contributed by atoms with Gasteiger partial charge in [0.1, 0.15) is 5.75 Å². The number of rotatable bonds is 6. The highest BCUT2D eigenvalue weighted by Gasteiger charge is 2.17. The maximum absolute atomic E-state index is 12.1. The number of carbonyl (C=O) groups is 1. The van der Waals surface area contributed by atoms with Crippen molar-refractivity contribution in [3.63, 3.8) is 0 Å². The molecule has 0 aliphatic carbocycles. The van der Waals surface area contributed by atoms with Crippen molar-refractivity contribution in [1.82, 2.24) is 4.57 Å². The van der Waals surface area contributed by atoms with Gasteiger partial charge in [-0.15, -0.1) is 0 Å². The molecule has 0 aliphatic heterocycles. The number of esters is 1. The molecular weight excluding hydrogens is 338 g/mol. The standard InChI is InChI=1S/C23H27NO3/c1-5-27-23(26)13-20-16(4)24(21-9-7-6-8-18(20)21)14-17-10-11-22(25)19(12-17)15(2)3/h6-12,15,25H,5,13-14H2,1-4H3. The summed E-state index contributed by atoms with van der Waals surface area (Å²) in [4.78, 5) is 12.1. The van der Waals surface area contributed by atoms with Crippen molar-refractivity contribution in [2.45, 2.75) is 46.6 Å². The third-order valence-corrected chi connectivity index (χ3v) is 5.04. The molecule has 4 nitrogen and oxygen atoms in total. The van der Waals surface area contributed by atoms with E-state index in [2.05, 4.69) is 43.5 Å². The second kappa shape index (κ2) is 7.87. The van der Waals surface area contributed by atoms with E-state index in [4.69, 9.17) is 4.74 Å². The minimum Gasteiger partial charge on any atom is -0.508 e. The average molecular weight is 365 g/mol. The highest BCUT2D eigenvalue weighted by Crippen LogP contribution is 2.30. The van der Waals surface area contributed by atoms with Gasteiger partial charge in [-0.3, -0.25) is 4.79 Å². The summed E-state index contributed by atoms with van der Waals surface area (Å²) >= 11 is 0. The Morgan fingerprint density at radius 3 is 2.63 bits per heavy atom. The molecule has 0 amide bonds. The van der Waals surface area contributed by atoms with Gasteiger partial charge in [0.05, 0.1) is 13.0 Å². The lowest BCUT2D eigenvalue weighted by Gasteiger charge is -2.13. The van der Waals surface area contributed by atoms with Crippen LogP contribution < -0.4 is 0 Å². The monoisotopic (exact) mass is 365 g/mol. The molecule has 3 aromatic rings. The zero-order valence-electron chi connectivity index (χ0n) is 16.5. The zero-order chi connectivity index (χ0) is 19.6. The fourth-order valence-electron chi connectivity index (χ4n) is 3.63. The number of aromatic nitrogens is 1. The van der Waals surface area contributed by atoms with E-state index in [1.807, 2.05) is 25.1 Å². The molecule has 0 saturated heterocycles. The van der Waals surface area contributed by atoms with Gasteiger partial charge >= 0.3 is 5.97 Å². The molecule has 0 bridgehead atoms. The number of nitrogens with zero attached hydrogens (tertiary/aromatic N) is 1. The molecule has 1 heterocycles. The smallest absolute Gasteiger partial charge is 0.310 e. The van der Waals surface area contributed by atoms with Crippen molar-refractivity contribution in [3.05, 3.63) is 64.8 Å². The largest absolute Gasteiger partial charge is 0.508 e. The van der Waals surface area contributed by atoms with E-state index in [1.54, 1.807) is 6.07 Å². The number of aromatic hydroxyl groups is 1. The van der Waals surface area contributed by atoms with Gasteiger partial charge in [0, 0.05) is 23.1 Å². The summed E-state index contributed by atoms with van der Waals surface area (Å²) in [5.41, 5.74) is 5.28. The molecule has 0 atom stereocenters. The van der Waals surface area contributed by atoms with E-state index < -0.39 is 0 Å². The maximum Gasteiger partial charge on any atom is 0.310 e. The van der Waals surface area contributed by atoms with E-state index in [-0.39, 0.29) is 18.3 Å². The number of benzene rings is 2. The number of para-hydroxylation sites is 1. The Kier molecular flexibility index (Phi) is 5.54. The predicted octanol–water partition coefficient (Wildman–Crippen LogP) is 4.93. The molecule has 2 aromatic carbocycles. The number of hydrogen-bond donors (Lipinski definition) is 1. The topological polar surface area (TPSA) is 51.5 Å².